The quantitative estimate of drug-likeness (QED) is 0.629. The second-order valence-corrected chi connectivity index (χ2v) is 6.16. The van der Waals surface area contributed by atoms with Gasteiger partial charge in [0.05, 0.1) is 6.35 Å². The van der Waals surface area contributed by atoms with Gasteiger partial charge in [0, 0.05) is 16.8 Å². The molecule has 0 spiro atoms. The van der Waals surface area contributed by atoms with Crippen LogP contribution in [0.5, 0.6) is 0 Å². The van der Waals surface area contributed by atoms with Crippen LogP contribution in [0.25, 0.3) is 21.0 Å². The van der Waals surface area contributed by atoms with Gasteiger partial charge in [-0.1, -0.05) is 56.1 Å². The molecule has 0 saturated heterocycles. The molecule has 1 nitrogen and oxygen atoms in total. The van der Waals surface area contributed by atoms with E-state index in [0.717, 1.165) is 13.0 Å². The Bertz CT molecular complexity index is 601. The van der Waals surface area contributed by atoms with Crippen molar-refractivity contribution in [3.05, 3.63) is 48.5 Å². The number of benzene rings is 2. The largest absolute Gasteiger partial charge is 0.373 e. The van der Waals surface area contributed by atoms with Crippen molar-refractivity contribution in [3.8, 4) is 0 Å². The summed E-state index contributed by atoms with van der Waals surface area (Å²) in [4.78, 5) is 0. The Morgan fingerprint density at radius 3 is 1.94 bits per heavy atom. The van der Waals surface area contributed by atoms with Crippen molar-refractivity contribution < 1.29 is 4.74 Å². The van der Waals surface area contributed by atoms with Crippen LogP contribution in [0.15, 0.2) is 48.5 Å². The first kappa shape index (κ1) is 10.8. The van der Waals surface area contributed by atoms with Crippen molar-refractivity contribution in [1.29, 1.82) is 0 Å². The number of hydrogen-bond donors (Lipinski definition) is 0. The third-order valence-electron chi connectivity index (χ3n) is 3.10. The molecule has 0 saturated carbocycles. The van der Waals surface area contributed by atoms with Crippen LogP contribution in [0.1, 0.15) is 6.92 Å². The van der Waals surface area contributed by atoms with Gasteiger partial charge in [0.1, 0.15) is 0 Å². The number of rotatable bonds is 3. The predicted octanol–water partition coefficient (Wildman–Crippen LogP) is 4.97. The molecule has 0 amide bonds. The maximum Gasteiger partial charge on any atom is 0.0856 e. The molecule has 0 N–H and O–H groups in total. The van der Waals surface area contributed by atoms with E-state index in [-0.39, 0.29) is 7.53 Å². The van der Waals surface area contributed by atoms with Gasteiger partial charge in [0.25, 0.3) is 0 Å². The Morgan fingerprint density at radius 1 is 0.882 bits per heavy atom. The molecule has 2 aromatic carbocycles. The highest BCUT2D eigenvalue weighted by molar-refractivity contribution is 7.60. The number of ether oxygens (including phenoxy) is 1. The minimum absolute atomic E-state index is 0.305. The summed E-state index contributed by atoms with van der Waals surface area (Å²) in [5.41, 5.74) is 0. The first-order chi connectivity index (χ1) is 8.42. The maximum atomic E-state index is 5.66. The minimum atomic E-state index is -0.305. The Labute approximate surface area is 102 Å². The van der Waals surface area contributed by atoms with Gasteiger partial charge in [-0.3, -0.25) is 0 Å². The lowest BCUT2D eigenvalue weighted by atomic mass is 10.2. The third kappa shape index (κ3) is 1.76. The topological polar surface area (TPSA) is 9.23 Å². The van der Waals surface area contributed by atoms with Crippen LogP contribution < -0.4 is 0 Å². The lowest BCUT2D eigenvalue weighted by Crippen LogP contribution is -1.82. The minimum Gasteiger partial charge on any atom is -0.373 e. The van der Waals surface area contributed by atoms with Gasteiger partial charge in [0.2, 0.25) is 0 Å². The summed E-state index contributed by atoms with van der Waals surface area (Å²) in [6.07, 6.45) is 0.847. The summed E-state index contributed by atoms with van der Waals surface area (Å²) in [5, 5.41) is 5.73. The monoisotopic (exact) mass is 242 g/mol. The van der Waals surface area contributed by atoms with Gasteiger partial charge in [-0.25, -0.2) is 0 Å². The molecule has 1 aromatic heterocycles. The van der Waals surface area contributed by atoms with E-state index in [0.29, 0.717) is 0 Å². The molecule has 3 aromatic rings. The molecule has 0 atom stereocenters. The second kappa shape index (κ2) is 4.52. The Kier molecular flexibility index (Phi) is 2.88. The number of hydrogen-bond acceptors (Lipinski definition) is 1. The van der Waals surface area contributed by atoms with E-state index in [1.807, 2.05) is 0 Å². The summed E-state index contributed by atoms with van der Waals surface area (Å²) >= 11 is 0. The molecule has 0 radical (unpaired) electrons. The predicted molar refractivity (Wildman–Crippen MR) is 75.8 cm³/mol. The van der Waals surface area contributed by atoms with E-state index in [4.69, 9.17) is 4.74 Å². The Hall–Kier alpha value is -1.30. The van der Waals surface area contributed by atoms with E-state index in [1.54, 1.807) is 0 Å². The highest BCUT2D eigenvalue weighted by Crippen LogP contribution is 2.49. The average molecular weight is 242 g/mol. The molecule has 0 bridgehead atoms. The van der Waals surface area contributed by atoms with Crippen LogP contribution >= 0.6 is 7.53 Å². The molecule has 0 unspecified atom stereocenters. The summed E-state index contributed by atoms with van der Waals surface area (Å²) in [6.45, 7) is 2.85. The van der Waals surface area contributed by atoms with Crippen molar-refractivity contribution in [2.45, 2.75) is 13.3 Å². The van der Waals surface area contributed by atoms with Crippen LogP contribution in [-0.2, 0) is 11.1 Å². The molecule has 0 fully saturated rings. The standard InChI is InChI=1S/C15H15OP/c1-2-16-11-17-14-9-5-3-7-12(14)13-8-4-6-10-15(13)17/h3-10H,2,11H2,1H3. The summed E-state index contributed by atoms with van der Waals surface area (Å²) in [5.74, 6) is 0. The molecule has 86 valence electrons. The zero-order valence-corrected chi connectivity index (χ0v) is 10.8. The van der Waals surface area contributed by atoms with Gasteiger partial charge in [-0.2, -0.15) is 0 Å². The molecule has 0 aliphatic heterocycles. The fourth-order valence-electron chi connectivity index (χ4n) is 2.32. The summed E-state index contributed by atoms with van der Waals surface area (Å²) in [6, 6.07) is 17.5. The zero-order chi connectivity index (χ0) is 11.7. The average Bonchev–Trinajstić information content (AvgIpc) is 2.71. The van der Waals surface area contributed by atoms with Crippen molar-refractivity contribution in [3.63, 3.8) is 0 Å². The molecular weight excluding hydrogens is 227 g/mol. The van der Waals surface area contributed by atoms with Crippen molar-refractivity contribution >= 4 is 28.5 Å². The smallest absolute Gasteiger partial charge is 0.0856 e. The second-order valence-electron chi connectivity index (χ2n) is 4.08. The Morgan fingerprint density at radius 2 is 1.41 bits per heavy atom. The van der Waals surface area contributed by atoms with E-state index >= 15 is 0 Å². The van der Waals surface area contributed by atoms with Gasteiger partial charge in [-0.15, -0.1) is 0 Å². The van der Waals surface area contributed by atoms with Gasteiger partial charge in [0.15, 0.2) is 0 Å². The molecule has 0 aliphatic rings. The molecule has 3 rings (SSSR count). The van der Waals surface area contributed by atoms with Crippen molar-refractivity contribution in [1.82, 2.24) is 0 Å². The number of fused-ring (bicyclic) bond motifs is 3. The van der Waals surface area contributed by atoms with E-state index in [2.05, 4.69) is 55.5 Å². The van der Waals surface area contributed by atoms with E-state index in [1.165, 1.54) is 21.0 Å². The molecule has 0 aliphatic carbocycles. The lowest BCUT2D eigenvalue weighted by Gasteiger charge is -2.02. The first-order valence-corrected chi connectivity index (χ1v) is 7.48. The highest BCUT2D eigenvalue weighted by atomic mass is 31.1. The third-order valence-corrected chi connectivity index (χ3v) is 5.49. The molecule has 17 heavy (non-hydrogen) atoms. The normalized spacial score (nSPS) is 11.4. The Balaban J connectivity index is 2.33. The van der Waals surface area contributed by atoms with Crippen LogP contribution in [0.2, 0.25) is 0 Å². The molecular formula is C15H15OP. The van der Waals surface area contributed by atoms with Crippen LogP contribution in [-0.4, -0.2) is 6.61 Å². The van der Waals surface area contributed by atoms with Gasteiger partial charge >= 0.3 is 0 Å². The zero-order valence-electron chi connectivity index (χ0n) is 9.89. The van der Waals surface area contributed by atoms with E-state index < -0.39 is 0 Å². The highest BCUT2D eigenvalue weighted by Gasteiger charge is 2.09. The lowest BCUT2D eigenvalue weighted by molar-refractivity contribution is 0.163. The SMILES string of the molecule is CCOCp1c2ccccc2c2ccccc21. The van der Waals surface area contributed by atoms with Crippen LogP contribution in [0.4, 0.5) is 0 Å². The fourth-order valence-corrected chi connectivity index (χ4v) is 4.73. The summed E-state index contributed by atoms with van der Waals surface area (Å²) in [7, 11) is -0.305. The fraction of sp³-hybridized carbons (Fsp3) is 0.200. The first-order valence-electron chi connectivity index (χ1n) is 5.95. The van der Waals surface area contributed by atoms with Crippen molar-refractivity contribution in [2.24, 2.45) is 0 Å². The molecule has 1 heterocycles. The van der Waals surface area contributed by atoms with Gasteiger partial charge in [-0.05, 0) is 17.7 Å². The summed E-state index contributed by atoms with van der Waals surface area (Å²) < 4.78 is 5.66. The van der Waals surface area contributed by atoms with E-state index in [9.17, 15) is 0 Å². The maximum absolute atomic E-state index is 5.66. The molecule has 2 heteroatoms. The van der Waals surface area contributed by atoms with Crippen molar-refractivity contribution in [2.75, 3.05) is 6.61 Å². The van der Waals surface area contributed by atoms with Gasteiger partial charge < -0.3 is 4.74 Å². The van der Waals surface area contributed by atoms with Crippen LogP contribution in [0, 0.1) is 0 Å². The van der Waals surface area contributed by atoms with Crippen LogP contribution in [0.3, 0.4) is 0 Å².